The second kappa shape index (κ2) is 18.0. The van der Waals surface area contributed by atoms with Gasteiger partial charge < -0.3 is 25.6 Å². The van der Waals surface area contributed by atoms with E-state index in [2.05, 4.69) is 63.6 Å². The quantitative estimate of drug-likeness (QED) is 0.172. The van der Waals surface area contributed by atoms with Crippen LogP contribution in [0.2, 0.25) is 0 Å². The van der Waals surface area contributed by atoms with E-state index in [9.17, 15) is 24.0 Å². The van der Waals surface area contributed by atoms with Gasteiger partial charge in [-0.3, -0.25) is 19.2 Å². The van der Waals surface area contributed by atoms with Crippen LogP contribution in [0.3, 0.4) is 0 Å². The van der Waals surface area contributed by atoms with Gasteiger partial charge >= 0.3 is 6.09 Å². The molecule has 4 amide bonds. The summed E-state index contributed by atoms with van der Waals surface area (Å²) in [5.74, 6) is -1.55. The van der Waals surface area contributed by atoms with Crippen molar-refractivity contribution in [1.82, 2.24) is 20.9 Å². The highest BCUT2D eigenvalue weighted by Crippen LogP contribution is 2.58. The van der Waals surface area contributed by atoms with Crippen LogP contribution in [0.15, 0.2) is 11.6 Å². The molecule has 3 fully saturated rings. The van der Waals surface area contributed by atoms with Gasteiger partial charge in [0, 0.05) is 13.1 Å². The maximum atomic E-state index is 14.0. The number of allylic oxidation sites excluding steroid dienone is 2. The van der Waals surface area contributed by atoms with Crippen LogP contribution >= 0.6 is 0 Å². The number of nitrogens with one attached hydrogen (secondary N) is 3. The Morgan fingerprint density at radius 3 is 2.11 bits per heavy atom. The molecule has 0 aromatic rings. The van der Waals surface area contributed by atoms with E-state index in [1.165, 1.54) is 16.9 Å². The van der Waals surface area contributed by atoms with Crippen LogP contribution in [0, 0.1) is 23.2 Å². The van der Waals surface area contributed by atoms with E-state index < -0.39 is 47.4 Å². The van der Waals surface area contributed by atoms with Crippen molar-refractivity contribution < 1.29 is 28.7 Å². The lowest BCUT2D eigenvalue weighted by molar-refractivity contribution is -0.143. The summed E-state index contributed by atoms with van der Waals surface area (Å²) < 4.78 is 5.47. The van der Waals surface area contributed by atoms with Crippen LogP contribution in [0.5, 0.6) is 0 Å². The van der Waals surface area contributed by atoms with Gasteiger partial charge in [0.1, 0.15) is 17.7 Å². The summed E-state index contributed by atoms with van der Waals surface area (Å²) in [7, 11) is 0. The molecular weight excluding hydrogens is 596 g/mol. The van der Waals surface area contributed by atoms with Gasteiger partial charge in [0.25, 0.3) is 5.91 Å². The minimum atomic E-state index is -0.972. The fraction of sp³-hybridized carbons (Fsp3) is 0.811. The molecule has 3 rings (SSSR count). The van der Waals surface area contributed by atoms with Crippen molar-refractivity contribution in [2.24, 2.45) is 23.2 Å². The molecule has 268 valence electrons. The second-order valence-electron chi connectivity index (χ2n) is 15.5. The Kier molecular flexibility index (Phi) is 15.4. The number of likely N-dealkylation sites (tertiary alicyclic amines) is 1. The minimum absolute atomic E-state index is 0.0426. The maximum absolute atomic E-state index is 14.0. The summed E-state index contributed by atoms with van der Waals surface area (Å²) in [4.78, 5) is 68.0. The molecule has 2 saturated carbocycles. The Morgan fingerprint density at radius 1 is 0.936 bits per heavy atom. The van der Waals surface area contributed by atoms with E-state index in [4.69, 9.17) is 4.74 Å². The van der Waals surface area contributed by atoms with Crippen molar-refractivity contribution in [2.45, 2.75) is 157 Å². The predicted molar refractivity (Wildman–Crippen MR) is 185 cm³/mol. The largest absolute Gasteiger partial charge is 0.444 e. The molecule has 0 aromatic heterocycles. The van der Waals surface area contributed by atoms with Gasteiger partial charge in [-0.1, -0.05) is 78.4 Å². The number of rotatable bonds is 12. The highest BCUT2D eigenvalue weighted by Gasteiger charge is 2.56. The van der Waals surface area contributed by atoms with Crippen molar-refractivity contribution in [1.29, 1.82) is 0 Å². The topological polar surface area (TPSA) is 134 Å². The highest BCUT2D eigenvalue weighted by molar-refractivity contribution is 6.38. The fourth-order valence-electron chi connectivity index (χ4n) is 6.90. The molecule has 10 nitrogen and oxygen atoms in total. The SMILES string of the molecule is CCC.CCCC(NC(=O)[C@@H]1CCCN1C(=O)[C@@H](NC(=O)OC(C)(C)C)C1CCCCC1)C(=O)C(=O)NCC1[C@H](C=C(C)C)C1(C)C. The van der Waals surface area contributed by atoms with Crippen LogP contribution in [0.25, 0.3) is 0 Å². The highest BCUT2D eigenvalue weighted by atomic mass is 16.6. The van der Waals surface area contributed by atoms with E-state index in [1.807, 2.05) is 6.92 Å². The number of ketones is 1. The first-order valence-electron chi connectivity index (χ1n) is 18.1. The van der Waals surface area contributed by atoms with Gasteiger partial charge in [-0.15, -0.1) is 0 Å². The van der Waals surface area contributed by atoms with E-state index in [-0.39, 0.29) is 23.2 Å². The van der Waals surface area contributed by atoms with Crippen molar-refractivity contribution in [3.63, 3.8) is 0 Å². The van der Waals surface area contributed by atoms with Crippen LogP contribution in [-0.2, 0) is 23.9 Å². The average molecular weight is 661 g/mol. The zero-order chi connectivity index (χ0) is 35.5. The normalized spacial score (nSPS) is 23.3. The van der Waals surface area contributed by atoms with Gasteiger partial charge in [-0.05, 0) is 89.9 Å². The van der Waals surface area contributed by atoms with Crippen LogP contribution in [-0.4, -0.2) is 71.3 Å². The van der Waals surface area contributed by atoms with E-state index in [0.717, 1.165) is 32.1 Å². The molecule has 1 saturated heterocycles. The monoisotopic (exact) mass is 660 g/mol. The third-order valence-corrected chi connectivity index (χ3v) is 9.47. The van der Waals surface area contributed by atoms with E-state index in [0.29, 0.717) is 44.7 Å². The first-order chi connectivity index (χ1) is 22.0. The fourth-order valence-corrected chi connectivity index (χ4v) is 6.90. The zero-order valence-electron chi connectivity index (χ0n) is 30.9. The van der Waals surface area contributed by atoms with Gasteiger partial charge in [-0.25, -0.2) is 4.79 Å². The standard InChI is InChI=1S/C34H56N4O6.C3H8/c1-9-14-25(28(39)30(41)35-20-24-23(19-21(2)3)34(24,7)8)36-29(40)26-17-13-18-38(26)31(42)27(22-15-11-10-12-16-22)37-32(43)44-33(4,5)6;1-3-2/h19,22-27H,9-18,20H2,1-8H3,(H,35,41)(H,36,40)(H,37,43);3H2,1-2H3/t23-,24?,25?,26-,27-;/m0./s1. The lowest BCUT2D eigenvalue weighted by Gasteiger charge is -2.35. The number of hydrogen-bond donors (Lipinski definition) is 3. The third-order valence-electron chi connectivity index (χ3n) is 9.47. The lowest BCUT2D eigenvalue weighted by Crippen LogP contribution is -2.58. The number of carbonyl (C=O) groups excluding carboxylic acids is 5. The van der Waals surface area contributed by atoms with Crippen LogP contribution < -0.4 is 16.0 Å². The number of ether oxygens (including phenoxy) is 1. The summed E-state index contributed by atoms with van der Waals surface area (Å²) in [6.45, 7) is 20.7. The molecule has 3 aliphatic rings. The van der Waals surface area contributed by atoms with Crippen LogP contribution in [0.4, 0.5) is 4.79 Å². The van der Waals surface area contributed by atoms with E-state index in [1.54, 1.807) is 20.8 Å². The summed E-state index contributed by atoms with van der Waals surface area (Å²) >= 11 is 0. The van der Waals surface area contributed by atoms with Gasteiger partial charge in [0.2, 0.25) is 17.6 Å². The summed E-state index contributed by atoms with van der Waals surface area (Å²) in [5, 5.41) is 8.44. The van der Waals surface area contributed by atoms with Crippen molar-refractivity contribution in [3.8, 4) is 0 Å². The number of hydrogen-bond acceptors (Lipinski definition) is 6. The Bertz CT molecular complexity index is 1120. The molecule has 3 N–H and O–H groups in total. The van der Waals surface area contributed by atoms with Crippen molar-refractivity contribution in [3.05, 3.63) is 11.6 Å². The Labute approximate surface area is 284 Å². The average Bonchev–Trinajstić information content (AvgIpc) is 3.28. The first-order valence-corrected chi connectivity index (χ1v) is 18.1. The molecule has 0 spiro atoms. The molecule has 0 radical (unpaired) electrons. The molecule has 47 heavy (non-hydrogen) atoms. The zero-order valence-corrected chi connectivity index (χ0v) is 30.9. The lowest BCUT2D eigenvalue weighted by atomic mass is 9.83. The first kappa shape index (κ1) is 40.3. The van der Waals surface area contributed by atoms with Gasteiger partial charge in [0.05, 0.1) is 6.04 Å². The van der Waals surface area contributed by atoms with Crippen molar-refractivity contribution in [2.75, 3.05) is 13.1 Å². The number of alkyl carbamates (subject to hydrolysis) is 1. The van der Waals surface area contributed by atoms with Gasteiger partial charge in [0.15, 0.2) is 0 Å². The van der Waals surface area contributed by atoms with Crippen LogP contribution in [0.1, 0.15) is 133 Å². The summed E-state index contributed by atoms with van der Waals surface area (Å²) in [5.41, 5.74) is 0.566. The third kappa shape index (κ3) is 11.9. The number of nitrogens with zero attached hydrogens (tertiary/aromatic N) is 1. The Balaban J connectivity index is 0.00000246. The Morgan fingerprint density at radius 2 is 1.55 bits per heavy atom. The van der Waals surface area contributed by atoms with E-state index >= 15 is 0 Å². The molecular formula is C37H64N4O6. The number of carbonyl (C=O) groups is 5. The molecule has 0 bridgehead atoms. The molecule has 0 aromatic carbocycles. The second-order valence-corrected chi connectivity index (χ2v) is 15.5. The predicted octanol–water partition coefficient (Wildman–Crippen LogP) is 6.08. The maximum Gasteiger partial charge on any atom is 0.408 e. The summed E-state index contributed by atoms with van der Waals surface area (Å²) in [6.07, 6.45) is 9.48. The smallest absolute Gasteiger partial charge is 0.408 e. The Hall–Kier alpha value is -2.91. The molecule has 2 aliphatic carbocycles. The minimum Gasteiger partial charge on any atom is -0.444 e. The number of Topliss-reactive ketones (excluding diaryl/α,β-unsaturated/α-hetero) is 1. The molecule has 5 atom stereocenters. The molecule has 1 aliphatic heterocycles. The number of amides is 4. The molecule has 10 heteroatoms. The molecule has 1 heterocycles. The molecule has 2 unspecified atom stereocenters. The van der Waals surface area contributed by atoms with Gasteiger partial charge in [-0.2, -0.15) is 0 Å². The summed E-state index contributed by atoms with van der Waals surface area (Å²) in [6, 6.07) is -2.54. The van der Waals surface area contributed by atoms with Crippen molar-refractivity contribution >= 4 is 29.6 Å².